The molecule has 2 amide bonds. The van der Waals surface area contributed by atoms with Crippen molar-refractivity contribution in [3.05, 3.63) is 51.6 Å². The molecule has 29 heavy (non-hydrogen) atoms. The highest BCUT2D eigenvalue weighted by Gasteiger charge is 2.35. The van der Waals surface area contributed by atoms with Gasteiger partial charge < -0.3 is 15.2 Å². The highest BCUT2D eigenvalue weighted by Crippen LogP contribution is 2.36. The van der Waals surface area contributed by atoms with Crippen molar-refractivity contribution < 1.29 is 27.9 Å². The topological polar surface area (TPSA) is 94.2 Å². The highest BCUT2D eigenvalue weighted by molar-refractivity contribution is 9.10. The Kier molecular flexibility index (Phi) is 6.56. The molecular weight excluding hydrogens is 455 g/mol. The van der Waals surface area contributed by atoms with Crippen molar-refractivity contribution in [3.8, 4) is 0 Å². The molecule has 0 aliphatic carbocycles. The monoisotopic (exact) mass is 472 g/mol. The molecule has 0 aliphatic rings. The first-order valence-electron chi connectivity index (χ1n) is 8.41. The first-order valence-corrected chi connectivity index (χ1v) is 9.20. The van der Waals surface area contributed by atoms with Gasteiger partial charge >= 0.3 is 12.2 Å². The average molecular weight is 473 g/mol. The minimum absolute atomic E-state index is 0.0976. The summed E-state index contributed by atoms with van der Waals surface area (Å²) in [5, 5.41) is 15.9. The Bertz CT molecular complexity index is 946. The third kappa shape index (κ3) is 5.93. The van der Waals surface area contributed by atoms with E-state index in [0.29, 0.717) is 10.0 Å². The molecule has 1 heterocycles. The fourth-order valence-electron chi connectivity index (χ4n) is 2.56. The Balaban J connectivity index is 2.25. The van der Waals surface area contributed by atoms with Crippen LogP contribution < -0.4 is 15.7 Å². The maximum Gasteiger partial charge on any atom is 0.416 e. The van der Waals surface area contributed by atoms with Gasteiger partial charge in [-0.1, -0.05) is 19.9 Å². The van der Waals surface area contributed by atoms with Crippen molar-refractivity contribution in [3.63, 3.8) is 0 Å². The zero-order valence-corrected chi connectivity index (χ0v) is 17.4. The minimum atomic E-state index is -4.73. The van der Waals surface area contributed by atoms with Crippen LogP contribution in [0.2, 0.25) is 0 Å². The van der Waals surface area contributed by atoms with Gasteiger partial charge in [0.25, 0.3) is 0 Å². The van der Waals surface area contributed by atoms with Crippen molar-refractivity contribution in [2.75, 3.05) is 10.6 Å². The number of aliphatic carboxylic acids is 1. The largest absolute Gasteiger partial charge is 0.550 e. The van der Waals surface area contributed by atoms with E-state index in [-0.39, 0.29) is 23.5 Å². The lowest BCUT2D eigenvalue weighted by Gasteiger charge is -2.27. The highest BCUT2D eigenvalue weighted by atomic mass is 79.9. The van der Waals surface area contributed by atoms with Crippen LogP contribution >= 0.6 is 15.9 Å². The van der Waals surface area contributed by atoms with E-state index < -0.39 is 29.2 Å². The number of amides is 2. The number of anilines is 2. The van der Waals surface area contributed by atoms with Crippen molar-refractivity contribution in [2.24, 2.45) is 5.41 Å². The molecule has 2 N–H and O–H groups in total. The SMILES string of the molecule is Cc1cc(Br)cnc1NC(=O)Nc1ccc(CC(C)(C)C(=O)[O-])c(C(F)(F)F)c1. The van der Waals surface area contributed by atoms with Crippen molar-refractivity contribution in [2.45, 2.75) is 33.4 Å². The van der Waals surface area contributed by atoms with Crippen LogP contribution in [0.5, 0.6) is 0 Å². The molecule has 0 atom stereocenters. The number of hydrogen-bond acceptors (Lipinski definition) is 4. The molecule has 2 rings (SSSR count). The second-order valence-corrected chi connectivity index (χ2v) is 8.03. The Hall–Kier alpha value is -2.62. The summed E-state index contributed by atoms with van der Waals surface area (Å²) in [5.41, 5.74) is -2.16. The molecule has 2 aromatic rings. The number of carbonyl (C=O) groups excluding carboxylic acids is 2. The van der Waals surface area contributed by atoms with Gasteiger partial charge in [-0.2, -0.15) is 13.2 Å². The molecule has 0 unspecified atom stereocenters. The molecule has 0 saturated heterocycles. The van der Waals surface area contributed by atoms with E-state index in [4.69, 9.17) is 0 Å². The molecule has 156 valence electrons. The number of rotatable bonds is 5. The standard InChI is InChI=1S/C19H19BrF3N3O3/c1-10-6-12(20)9-24-15(10)26-17(29)25-13-5-4-11(8-18(2,3)16(27)28)14(7-13)19(21,22)23/h4-7,9H,8H2,1-3H3,(H,27,28)(H2,24,25,26,29)/p-1. The van der Waals surface area contributed by atoms with Gasteiger partial charge in [0.15, 0.2) is 0 Å². The number of nitrogens with one attached hydrogen (secondary N) is 2. The zero-order chi connectivity index (χ0) is 22.0. The van der Waals surface area contributed by atoms with Crippen LogP contribution in [0.3, 0.4) is 0 Å². The van der Waals surface area contributed by atoms with Crippen molar-refractivity contribution >= 4 is 39.4 Å². The molecule has 1 aromatic carbocycles. The summed E-state index contributed by atoms with van der Waals surface area (Å²) in [6, 6.07) is 4.14. The average Bonchev–Trinajstić information content (AvgIpc) is 2.57. The first-order chi connectivity index (χ1) is 13.3. The van der Waals surface area contributed by atoms with Crippen molar-refractivity contribution in [1.29, 1.82) is 0 Å². The quantitative estimate of drug-likeness (QED) is 0.683. The van der Waals surface area contributed by atoms with E-state index in [1.807, 2.05) is 0 Å². The van der Waals surface area contributed by atoms with Gasteiger partial charge in [0, 0.05) is 27.7 Å². The van der Waals surface area contributed by atoms with Gasteiger partial charge in [0.1, 0.15) is 5.82 Å². The molecule has 10 heteroatoms. The van der Waals surface area contributed by atoms with E-state index in [1.54, 1.807) is 13.0 Å². The summed E-state index contributed by atoms with van der Waals surface area (Å²) in [5.74, 6) is -1.20. The van der Waals surface area contributed by atoms with E-state index in [2.05, 4.69) is 31.5 Å². The maximum atomic E-state index is 13.5. The van der Waals surface area contributed by atoms with Crippen LogP contribution in [0.15, 0.2) is 34.9 Å². The number of carbonyl (C=O) groups is 2. The zero-order valence-electron chi connectivity index (χ0n) is 15.8. The molecule has 0 bridgehead atoms. The number of pyridine rings is 1. The Morgan fingerprint density at radius 2 is 1.83 bits per heavy atom. The summed E-state index contributed by atoms with van der Waals surface area (Å²) in [6.07, 6.45) is -3.63. The van der Waals surface area contributed by atoms with Gasteiger partial charge in [-0.15, -0.1) is 0 Å². The Morgan fingerprint density at radius 3 is 2.38 bits per heavy atom. The number of nitrogens with zero attached hydrogens (tertiary/aromatic N) is 1. The van der Waals surface area contributed by atoms with Crippen LogP contribution in [0.1, 0.15) is 30.5 Å². The Morgan fingerprint density at radius 1 is 1.17 bits per heavy atom. The number of halogens is 4. The third-order valence-corrected chi connectivity index (χ3v) is 4.57. The molecule has 0 radical (unpaired) electrons. The number of carboxylic acid groups (broad SMARTS) is 1. The molecule has 0 aliphatic heterocycles. The van der Waals surface area contributed by atoms with Crippen LogP contribution in [0.25, 0.3) is 0 Å². The van der Waals surface area contributed by atoms with Crippen LogP contribution in [-0.2, 0) is 17.4 Å². The molecule has 0 spiro atoms. The summed E-state index contributed by atoms with van der Waals surface area (Å²) in [4.78, 5) is 27.3. The third-order valence-electron chi connectivity index (χ3n) is 4.13. The van der Waals surface area contributed by atoms with E-state index in [0.717, 1.165) is 12.1 Å². The van der Waals surface area contributed by atoms with E-state index >= 15 is 0 Å². The van der Waals surface area contributed by atoms with Crippen LogP contribution in [0.4, 0.5) is 29.5 Å². The first kappa shape index (κ1) is 22.7. The van der Waals surface area contributed by atoms with Gasteiger partial charge in [-0.05, 0) is 58.6 Å². The van der Waals surface area contributed by atoms with E-state index in [9.17, 15) is 27.9 Å². The number of hydrogen-bond donors (Lipinski definition) is 2. The van der Waals surface area contributed by atoms with Gasteiger partial charge in [0.05, 0.1) is 5.56 Å². The second-order valence-electron chi connectivity index (χ2n) is 7.12. The van der Waals surface area contributed by atoms with Gasteiger partial charge in [-0.25, -0.2) is 9.78 Å². The summed E-state index contributed by atoms with van der Waals surface area (Å²) in [6.45, 7) is 4.29. The van der Waals surface area contributed by atoms with Crippen molar-refractivity contribution in [1.82, 2.24) is 4.98 Å². The van der Waals surface area contributed by atoms with Crippen LogP contribution in [-0.4, -0.2) is 17.0 Å². The predicted molar refractivity (Wildman–Crippen MR) is 103 cm³/mol. The summed E-state index contributed by atoms with van der Waals surface area (Å²) >= 11 is 3.24. The van der Waals surface area contributed by atoms with Crippen LogP contribution in [0, 0.1) is 12.3 Å². The lowest BCUT2D eigenvalue weighted by atomic mass is 9.84. The lowest BCUT2D eigenvalue weighted by molar-refractivity contribution is -0.317. The number of carboxylic acids is 1. The number of aryl methyl sites for hydroxylation is 1. The normalized spacial score (nSPS) is 11.8. The molecule has 6 nitrogen and oxygen atoms in total. The molecule has 1 aromatic heterocycles. The molecular formula is C19H18BrF3N3O3-. The van der Waals surface area contributed by atoms with Gasteiger partial charge in [0.2, 0.25) is 0 Å². The fourth-order valence-corrected chi connectivity index (χ4v) is 3.01. The summed E-state index contributed by atoms with van der Waals surface area (Å²) in [7, 11) is 0. The maximum absolute atomic E-state index is 13.5. The summed E-state index contributed by atoms with van der Waals surface area (Å²) < 4.78 is 41.1. The molecule has 0 saturated carbocycles. The molecule has 0 fully saturated rings. The van der Waals surface area contributed by atoms with Gasteiger partial charge in [-0.3, -0.25) is 5.32 Å². The fraction of sp³-hybridized carbons (Fsp3) is 0.316. The smallest absolute Gasteiger partial charge is 0.416 e. The number of urea groups is 1. The number of aromatic nitrogens is 1. The minimum Gasteiger partial charge on any atom is -0.550 e. The Labute approximate surface area is 173 Å². The van der Waals surface area contributed by atoms with E-state index in [1.165, 1.54) is 26.1 Å². The predicted octanol–water partition coefficient (Wildman–Crippen LogP) is 4.13. The number of benzene rings is 1. The lowest BCUT2D eigenvalue weighted by Crippen LogP contribution is -2.39. The second kappa shape index (κ2) is 8.40. The number of alkyl halides is 3.